The summed E-state index contributed by atoms with van der Waals surface area (Å²) in [6.45, 7) is 0.900. The Balaban J connectivity index is 1.48. The number of benzene rings is 3. The van der Waals surface area contributed by atoms with Crippen LogP contribution < -0.4 is 38.1 Å². The number of carbonyl (C=O) groups is 6. The van der Waals surface area contributed by atoms with Crippen LogP contribution in [0.1, 0.15) is 36.5 Å². The van der Waals surface area contributed by atoms with Gasteiger partial charge in [-0.25, -0.2) is 4.79 Å². The minimum absolute atomic E-state index is 0.0234. The molecule has 0 aliphatic heterocycles. The van der Waals surface area contributed by atoms with Gasteiger partial charge in [-0.15, -0.1) is 0 Å². The van der Waals surface area contributed by atoms with Crippen molar-refractivity contribution in [2.75, 3.05) is 13.1 Å². The molecule has 1 aromatic heterocycles. The van der Waals surface area contributed by atoms with Gasteiger partial charge in [0.2, 0.25) is 29.5 Å². The molecule has 1 heterocycles. The Kier molecular flexibility index (Phi) is 15.3. The molecule has 0 radical (unpaired) electrons. The highest BCUT2D eigenvalue weighted by Gasteiger charge is 2.30. The molecule has 4 rings (SSSR count). The van der Waals surface area contributed by atoms with Crippen LogP contribution in [-0.2, 0) is 48.0 Å². The third-order valence-electron chi connectivity index (χ3n) is 8.63. The summed E-state index contributed by atoms with van der Waals surface area (Å²) in [5, 5.41) is 23.9. The lowest BCUT2D eigenvalue weighted by Crippen LogP contribution is -2.57. The first-order valence-electron chi connectivity index (χ1n) is 17.8. The number of H-pyrrole nitrogens is 1. The fourth-order valence-corrected chi connectivity index (χ4v) is 5.94. The average molecular weight is 754 g/mol. The molecule has 4 aromatic rings. The standard InChI is InChI=1S/C39H47N9O7/c1-24(49)45-31(19-25-11-4-2-5-12-25)35(51)44-23-34(50)46-32(20-26-13-6-3-7-14-26)37(53)47-30(17-10-18-42-39(40)41)36(52)48-33(38(54)55)21-27-22-43-29-16-9-8-15-28(27)29/h2-9,11-16,22,30-33,43H,10,17-21,23H2,1H3,(H,44,51)(H,45,49)(H,46,50)(H,47,53)(H,48,52)(H,54,55)(H4,40,41,42)/t30-,31-,32+,33-/m0/s1. The van der Waals surface area contributed by atoms with E-state index in [0.717, 1.165) is 16.5 Å². The Morgan fingerprint density at radius 2 is 1.25 bits per heavy atom. The Bertz CT molecular complexity index is 1960. The van der Waals surface area contributed by atoms with Crippen molar-refractivity contribution in [2.24, 2.45) is 16.5 Å². The maximum Gasteiger partial charge on any atom is 0.326 e. The highest BCUT2D eigenvalue weighted by Crippen LogP contribution is 2.19. The molecule has 0 aliphatic rings. The number of rotatable bonds is 20. The van der Waals surface area contributed by atoms with Crippen LogP contribution in [0.25, 0.3) is 10.9 Å². The number of aromatic amines is 1. The zero-order valence-electron chi connectivity index (χ0n) is 30.4. The molecule has 16 nitrogen and oxygen atoms in total. The third-order valence-corrected chi connectivity index (χ3v) is 8.63. The predicted molar refractivity (Wildman–Crippen MR) is 206 cm³/mol. The van der Waals surface area contributed by atoms with Crippen molar-refractivity contribution in [2.45, 2.75) is 63.2 Å². The normalized spacial score (nSPS) is 13.0. The van der Waals surface area contributed by atoms with Gasteiger partial charge in [0.05, 0.1) is 6.54 Å². The zero-order valence-corrected chi connectivity index (χ0v) is 30.4. The number of nitrogens with zero attached hydrogens (tertiary/aromatic N) is 1. The van der Waals surface area contributed by atoms with Crippen LogP contribution in [0.3, 0.4) is 0 Å². The van der Waals surface area contributed by atoms with Gasteiger partial charge in [0.15, 0.2) is 5.96 Å². The third kappa shape index (κ3) is 13.3. The number of amides is 5. The molecule has 3 aromatic carbocycles. The van der Waals surface area contributed by atoms with E-state index in [1.165, 1.54) is 6.92 Å². The van der Waals surface area contributed by atoms with Crippen molar-refractivity contribution in [1.29, 1.82) is 0 Å². The summed E-state index contributed by atoms with van der Waals surface area (Å²) < 4.78 is 0. The number of hydrogen-bond donors (Lipinski definition) is 9. The van der Waals surface area contributed by atoms with Crippen LogP contribution in [0.15, 0.2) is 96.1 Å². The number of aliphatic imine (C=N–C) groups is 1. The number of aliphatic carboxylic acids is 1. The minimum Gasteiger partial charge on any atom is -0.480 e. The van der Waals surface area contributed by atoms with E-state index in [1.807, 2.05) is 42.5 Å². The Morgan fingerprint density at radius 3 is 1.85 bits per heavy atom. The monoisotopic (exact) mass is 753 g/mol. The molecule has 4 atom stereocenters. The summed E-state index contributed by atoms with van der Waals surface area (Å²) in [5.74, 6) is -4.65. The Labute approximate surface area is 317 Å². The second-order valence-electron chi connectivity index (χ2n) is 12.9. The van der Waals surface area contributed by atoms with Crippen LogP contribution in [0.4, 0.5) is 0 Å². The first kappa shape index (κ1) is 41.1. The van der Waals surface area contributed by atoms with Gasteiger partial charge in [-0.1, -0.05) is 78.9 Å². The largest absolute Gasteiger partial charge is 0.480 e. The summed E-state index contributed by atoms with van der Waals surface area (Å²) >= 11 is 0. The van der Waals surface area contributed by atoms with Gasteiger partial charge in [-0.05, 0) is 35.6 Å². The van der Waals surface area contributed by atoms with E-state index >= 15 is 0 Å². The maximum absolute atomic E-state index is 13.9. The molecule has 290 valence electrons. The molecule has 11 N–H and O–H groups in total. The number of guanidine groups is 1. The van der Waals surface area contributed by atoms with E-state index in [1.54, 1.807) is 48.7 Å². The number of nitrogens with one attached hydrogen (secondary N) is 6. The quantitative estimate of drug-likeness (QED) is 0.0343. The minimum atomic E-state index is -1.34. The topological polar surface area (TPSA) is 263 Å². The Hall–Kier alpha value is -6.71. The molecule has 55 heavy (non-hydrogen) atoms. The molecule has 0 saturated heterocycles. The second kappa shape index (κ2) is 20.5. The zero-order chi connectivity index (χ0) is 39.7. The van der Waals surface area contributed by atoms with E-state index in [2.05, 4.69) is 36.6 Å². The second-order valence-corrected chi connectivity index (χ2v) is 12.9. The van der Waals surface area contributed by atoms with Gasteiger partial charge in [0.25, 0.3) is 0 Å². The maximum atomic E-state index is 13.9. The van der Waals surface area contributed by atoms with Gasteiger partial charge >= 0.3 is 5.97 Å². The number of carboxylic acids is 1. The van der Waals surface area contributed by atoms with Crippen molar-refractivity contribution in [3.63, 3.8) is 0 Å². The fourth-order valence-electron chi connectivity index (χ4n) is 5.94. The molecule has 0 bridgehead atoms. The highest BCUT2D eigenvalue weighted by molar-refractivity contribution is 5.95. The van der Waals surface area contributed by atoms with Gasteiger partial charge < -0.3 is 48.1 Å². The summed E-state index contributed by atoms with van der Waals surface area (Å²) in [4.78, 5) is 85.2. The molecule has 0 spiro atoms. The fraction of sp³-hybridized carbons (Fsp3) is 0.308. The van der Waals surface area contributed by atoms with Crippen molar-refractivity contribution in [3.8, 4) is 0 Å². The molecular weight excluding hydrogens is 706 g/mol. The van der Waals surface area contributed by atoms with Crippen LogP contribution >= 0.6 is 0 Å². The lowest BCUT2D eigenvalue weighted by molar-refractivity contribution is -0.142. The smallest absolute Gasteiger partial charge is 0.326 e. The van der Waals surface area contributed by atoms with Crippen LogP contribution in [0.5, 0.6) is 0 Å². The SMILES string of the molecule is CC(=O)N[C@@H](Cc1ccccc1)C(=O)NCC(=O)N[C@H](Cc1ccccc1)C(=O)N[C@@H](CCCN=C(N)N)C(=O)N[C@@H](Cc1c[nH]c2ccccc12)C(=O)O. The van der Waals surface area contributed by atoms with Gasteiger partial charge in [0, 0.05) is 49.8 Å². The Morgan fingerprint density at radius 1 is 0.691 bits per heavy atom. The molecule has 0 saturated carbocycles. The van der Waals surface area contributed by atoms with Crippen LogP contribution in [-0.4, -0.2) is 88.8 Å². The highest BCUT2D eigenvalue weighted by atomic mass is 16.4. The molecule has 0 unspecified atom stereocenters. The van der Waals surface area contributed by atoms with Crippen molar-refractivity contribution >= 4 is 52.4 Å². The van der Waals surface area contributed by atoms with Gasteiger partial charge in [-0.2, -0.15) is 0 Å². The van der Waals surface area contributed by atoms with E-state index in [0.29, 0.717) is 11.1 Å². The number of nitrogens with two attached hydrogens (primary N) is 2. The van der Waals surface area contributed by atoms with E-state index in [9.17, 15) is 33.9 Å². The van der Waals surface area contributed by atoms with Crippen molar-refractivity contribution < 1.29 is 33.9 Å². The summed E-state index contributed by atoms with van der Waals surface area (Å²) in [5.41, 5.74) is 13.9. The molecule has 16 heteroatoms. The summed E-state index contributed by atoms with van der Waals surface area (Å²) in [6.07, 6.45) is 2.13. The lowest BCUT2D eigenvalue weighted by Gasteiger charge is -2.25. The average Bonchev–Trinajstić information content (AvgIpc) is 3.57. The number of para-hydroxylation sites is 1. The van der Waals surface area contributed by atoms with Crippen LogP contribution in [0.2, 0.25) is 0 Å². The van der Waals surface area contributed by atoms with Crippen LogP contribution in [0, 0.1) is 0 Å². The molecule has 5 amide bonds. The summed E-state index contributed by atoms with van der Waals surface area (Å²) in [6, 6.07) is 20.5. The number of aromatic nitrogens is 1. The van der Waals surface area contributed by atoms with Crippen molar-refractivity contribution in [1.82, 2.24) is 31.6 Å². The number of fused-ring (bicyclic) bond motifs is 1. The van der Waals surface area contributed by atoms with Crippen molar-refractivity contribution in [3.05, 3.63) is 108 Å². The number of carbonyl (C=O) groups excluding carboxylic acids is 5. The first-order valence-corrected chi connectivity index (χ1v) is 17.8. The first-order chi connectivity index (χ1) is 26.4. The van der Waals surface area contributed by atoms with Gasteiger partial charge in [0.1, 0.15) is 24.2 Å². The molecule has 0 aliphatic carbocycles. The molecular formula is C39H47N9O7. The lowest BCUT2D eigenvalue weighted by atomic mass is 10.0. The molecule has 0 fully saturated rings. The van der Waals surface area contributed by atoms with E-state index in [-0.39, 0.29) is 44.6 Å². The number of carboxylic acid groups (broad SMARTS) is 1. The number of hydrogen-bond acceptors (Lipinski definition) is 7. The van der Waals surface area contributed by atoms with E-state index in [4.69, 9.17) is 11.5 Å². The van der Waals surface area contributed by atoms with E-state index < -0.39 is 66.2 Å². The summed E-state index contributed by atoms with van der Waals surface area (Å²) in [7, 11) is 0. The van der Waals surface area contributed by atoms with Gasteiger partial charge in [-0.3, -0.25) is 29.0 Å². The predicted octanol–water partition coefficient (Wildman–Crippen LogP) is 0.409.